The molecule has 166 valence electrons. The molecule has 1 saturated carbocycles. The van der Waals surface area contributed by atoms with Crippen LogP contribution in [-0.4, -0.2) is 34.1 Å². The van der Waals surface area contributed by atoms with Gasteiger partial charge in [0.1, 0.15) is 12.4 Å². The van der Waals surface area contributed by atoms with Crippen LogP contribution < -0.4 is 9.47 Å². The standard InChI is InChI=1S/C25H27N3O4/c1-17-22(18(2)32-27-17)16-31-23-11-7-19(14-24(23)30-3)8-12-25(29)28(21-9-10-21)15-20-6-4-5-13-26-20/h4-8,11-14,21H,9-10,15-16H2,1-3H3. The van der Waals surface area contributed by atoms with Crippen molar-refractivity contribution in [3.63, 3.8) is 0 Å². The van der Waals surface area contributed by atoms with Gasteiger partial charge in [0.25, 0.3) is 0 Å². The summed E-state index contributed by atoms with van der Waals surface area (Å²) in [5.41, 5.74) is 3.48. The molecule has 0 atom stereocenters. The molecule has 0 radical (unpaired) electrons. The molecule has 3 aromatic rings. The Morgan fingerprint density at radius 1 is 1.22 bits per heavy atom. The monoisotopic (exact) mass is 433 g/mol. The number of pyridine rings is 1. The lowest BCUT2D eigenvalue weighted by molar-refractivity contribution is -0.127. The normalized spacial score (nSPS) is 13.3. The summed E-state index contributed by atoms with van der Waals surface area (Å²) in [7, 11) is 1.60. The summed E-state index contributed by atoms with van der Waals surface area (Å²) in [5.74, 6) is 1.94. The minimum absolute atomic E-state index is 0.0177. The maximum atomic E-state index is 12.9. The van der Waals surface area contributed by atoms with Gasteiger partial charge in [-0.25, -0.2) is 0 Å². The van der Waals surface area contributed by atoms with Crippen LogP contribution in [0.25, 0.3) is 6.08 Å². The molecule has 7 nitrogen and oxygen atoms in total. The molecule has 2 aromatic heterocycles. The van der Waals surface area contributed by atoms with Gasteiger partial charge in [0.05, 0.1) is 30.6 Å². The largest absolute Gasteiger partial charge is 0.493 e. The van der Waals surface area contributed by atoms with Gasteiger partial charge in [-0.05, 0) is 62.6 Å². The summed E-state index contributed by atoms with van der Waals surface area (Å²) >= 11 is 0. The van der Waals surface area contributed by atoms with Crippen LogP contribution in [0.4, 0.5) is 0 Å². The smallest absolute Gasteiger partial charge is 0.247 e. The van der Waals surface area contributed by atoms with Gasteiger partial charge >= 0.3 is 0 Å². The number of nitrogens with zero attached hydrogens (tertiary/aromatic N) is 3. The van der Waals surface area contributed by atoms with Crippen LogP contribution in [0, 0.1) is 13.8 Å². The van der Waals surface area contributed by atoms with E-state index in [2.05, 4.69) is 10.1 Å². The van der Waals surface area contributed by atoms with E-state index in [4.69, 9.17) is 14.0 Å². The van der Waals surface area contributed by atoms with Gasteiger partial charge in [-0.2, -0.15) is 0 Å². The highest BCUT2D eigenvalue weighted by Gasteiger charge is 2.31. The summed E-state index contributed by atoms with van der Waals surface area (Å²) in [4.78, 5) is 19.1. The Hall–Kier alpha value is -3.61. The lowest BCUT2D eigenvalue weighted by Crippen LogP contribution is -2.31. The topological polar surface area (TPSA) is 77.7 Å². The van der Waals surface area contributed by atoms with Crippen molar-refractivity contribution >= 4 is 12.0 Å². The Bertz CT molecular complexity index is 1080. The number of carbonyl (C=O) groups excluding carboxylic acids is 1. The maximum absolute atomic E-state index is 12.9. The van der Waals surface area contributed by atoms with Gasteiger partial charge in [-0.3, -0.25) is 9.78 Å². The molecule has 1 amide bonds. The predicted molar refractivity (Wildman–Crippen MR) is 120 cm³/mol. The van der Waals surface area contributed by atoms with Gasteiger partial charge in [0, 0.05) is 18.3 Å². The maximum Gasteiger partial charge on any atom is 0.247 e. The lowest BCUT2D eigenvalue weighted by atomic mass is 10.1. The number of aromatic nitrogens is 2. The molecule has 0 N–H and O–H groups in total. The quantitative estimate of drug-likeness (QED) is 0.463. The van der Waals surface area contributed by atoms with E-state index in [-0.39, 0.29) is 5.91 Å². The Balaban J connectivity index is 1.43. The first-order valence-corrected chi connectivity index (χ1v) is 10.7. The van der Waals surface area contributed by atoms with Gasteiger partial charge in [-0.1, -0.05) is 17.3 Å². The third-order valence-electron chi connectivity index (χ3n) is 5.49. The van der Waals surface area contributed by atoms with Gasteiger partial charge in [0.2, 0.25) is 5.91 Å². The molecule has 7 heteroatoms. The number of amides is 1. The van der Waals surface area contributed by atoms with Crippen molar-refractivity contribution < 1.29 is 18.8 Å². The molecule has 2 heterocycles. The summed E-state index contributed by atoms with van der Waals surface area (Å²) in [6, 6.07) is 11.6. The summed E-state index contributed by atoms with van der Waals surface area (Å²) in [6.07, 6.45) is 7.24. The van der Waals surface area contributed by atoms with Gasteiger partial charge in [0.15, 0.2) is 11.5 Å². The number of hydrogen-bond donors (Lipinski definition) is 0. The third-order valence-corrected chi connectivity index (χ3v) is 5.49. The number of hydrogen-bond acceptors (Lipinski definition) is 6. The van der Waals surface area contributed by atoms with E-state index >= 15 is 0 Å². The second kappa shape index (κ2) is 9.68. The van der Waals surface area contributed by atoms with Crippen molar-refractivity contribution in [2.24, 2.45) is 0 Å². The van der Waals surface area contributed by atoms with Crippen LogP contribution in [0.15, 0.2) is 53.2 Å². The molecular formula is C25H27N3O4. The minimum atomic E-state index is -0.0177. The van der Waals surface area contributed by atoms with Crippen LogP contribution in [0.1, 0.15) is 41.1 Å². The number of methoxy groups -OCH3 is 1. The SMILES string of the molecule is COc1cc(C=CC(=O)N(Cc2ccccn2)C2CC2)ccc1OCc1c(C)noc1C. The fourth-order valence-electron chi connectivity index (χ4n) is 3.47. The molecule has 1 aliphatic rings. The van der Waals surface area contributed by atoms with Crippen LogP contribution in [0.3, 0.4) is 0 Å². The number of ether oxygens (including phenoxy) is 2. The zero-order valence-electron chi connectivity index (χ0n) is 18.6. The van der Waals surface area contributed by atoms with Crippen LogP contribution in [-0.2, 0) is 17.9 Å². The molecular weight excluding hydrogens is 406 g/mol. The number of carbonyl (C=O) groups is 1. The Kier molecular flexibility index (Phi) is 6.54. The molecule has 0 unspecified atom stereocenters. The van der Waals surface area contributed by atoms with E-state index in [0.717, 1.165) is 41.1 Å². The molecule has 1 fully saturated rings. The minimum Gasteiger partial charge on any atom is -0.493 e. The molecule has 32 heavy (non-hydrogen) atoms. The average molecular weight is 434 g/mol. The van der Waals surface area contributed by atoms with Crippen molar-refractivity contribution in [1.82, 2.24) is 15.0 Å². The van der Waals surface area contributed by atoms with Crippen molar-refractivity contribution in [2.45, 2.75) is 45.9 Å². The predicted octanol–water partition coefficient (Wildman–Crippen LogP) is 4.48. The highest BCUT2D eigenvalue weighted by atomic mass is 16.5. The zero-order valence-corrected chi connectivity index (χ0v) is 18.6. The molecule has 1 aliphatic carbocycles. The second-order valence-corrected chi connectivity index (χ2v) is 7.85. The van der Waals surface area contributed by atoms with E-state index in [1.165, 1.54) is 0 Å². The molecule has 0 bridgehead atoms. The van der Waals surface area contributed by atoms with Gasteiger partial charge < -0.3 is 18.9 Å². The number of benzene rings is 1. The molecule has 0 saturated heterocycles. The first kappa shape index (κ1) is 21.6. The Morgan fingerprint density at radius 2 is 2.06 bits per heavy atom. The van der Waals surface area contributed by atoms with E-state index in [9.17, 15) is 4.79 Å². The van der Waals surface area contributed by atoms with E-state index in [1.807, 2.05) is 55.1 Å². The van der Waals surface area contributed by atoms with E-state index < -0.39 is 0 Å². The summed E-state index contributed by atoms with van der Waals surface area (Å²) < 4.78 is 16.6. The Labute approximate surface area is 187 Å². The fourth-order valence-corrected chi connectivity index (χ4v) is 3.47. The first-order chi connectivity index (χ1) is 15.5. The summed E-state index contributed by atoms with van der Waals surface area (Å²) in [5, 5.41) is 3.95. The third kappa shape index (κ3) is 5.17. The summed E-state index contributed by atoms with van der Waals surface area (Å²) in [6.45, 7) is 4.61. The number of aryl methyl sites for hydroxylation is 2. The highest BCUT2D eigenvalue weighted by Crippen LogP contribution is 2.31. The first-order valence-electron chi connectivity index (χ1n) is 10.7. The molecule has 4 rings (SSSR count). The van der Waals surface area contributed by atoms with Crippen molar-refractivity contribution in [3.8, 4) is 11.5 Å². The number of rotatable bonds is 9. The Morgan fingerprint density at radius 3 is 2.72 bits per heavy atom. The van der Waals surface area contributed by atoms with Gasteiger partial charge in [-0.15, -0.1) is 0 Å². The molecule has 0 spiro atoms. The van der Waals surface area contributed by atoms with Crippen LogP contribution in [0.5, 0.6) is 11.5 Å². The van der Waals surface area contributed by atoms with Crippen molar-refractivity contribution in [2.75, 3.05) is 7.11 Å². The highest BCUT2D eigenvalue weighted by molar-refractivity contribution is 5.92. The van der Waals surface area contributed by atoms with Crippen LogP contribution >= 0.6 is 0 Å². The van der Waals surface area contributed by atoms with Crippen LogP contribution in [0.2, 0.25) is 0 Å². The molecule has 1 aromatic carbocycles. The van der Waals surface area contributed by atoms with E-state index in [0.29, 0.717) is 30.7 Å². The lowest BCUT2D eigenvalue weighted by Gasteiger charge is -2.20. The molecule has 0 aliphatic heterocycles. The van der Waals surface area contributed by atoms with E-state index in [1.54, 1.807) is 25.5 Å². The van der Waals surface area contributed by atoms with Crippen molar-refractivity contribution in [3.05, 3.63) is 76.9 Å². The average Bonchev–Trinajstić information content (AvgIpc) is 3.61. The zero-order chi connectivity index (χ0) is 22.5. The second-order valence-electron chi connectivity index (χ2n) is 7.85. The fraction of sp³-hybridized carbons (Fsp3) is 0.320. The van der Waals surface area contributed by atoms with Crippen molar-refractivity contribution in [1.29, 1.82) is 0 Å².